The van der Waals surface area contributed by atoms with Crippen molar-refractivity contribution in [3.63, 3.8) is 0 Å². The minimum atomic E-state index is -1.04. The normalized spacial score (nSPS) is 16.8. The maximum Gasteiger partial charge on any atom is 0.407 e. The Morgan fingerprint density at radius 3 is 2.24 bits per heavy atom. The lowest BCUT2D eigenvalue weighted by Gasteiger charge is -2.47. The zero-order valence-electron chi connectivity index (χ0n) is 18.7. The van der Waals surface area contributed by atoms with Crippen LogP contribution < -0.4 is 5.32 Å². The van der Waals surface area contributed by atoms with E-state index < -0.39 is 30.3 Å². The predicted molar refractivity (Wildman–Crippen MR) is 121 cm³/mol. The first-order valence-electron chi connectivity index (χ1n) is 11.0. The number of alkyl carbamates (subject to hydrolysis) is 1. The third kappa shape index (κ3) is 5.01. The van der Waals surface area contributed by atoms with Gasteiger partial charge in [0.25, 0.3) is 0 Å². The van der Waals surface area contributed by atoms with E-state index in [1.807, 2.05) is 24.3 Å². The predicted octanol–water partition coefficient (Wildman–Crippen LogP) is 3.01. The molecule has 8 heteroatoms. The first-order valence-corrected chi connectivity index (χ1v) is 11.0. The first-order chi connectivity index (χ1) is 15.8. The van der Waals surface area contributed by atoms with Gasteiger partial charge in [0.05, 0.1) is 13.1 Å². The molecule has 0 spiro atoms. The Labute approximate surface area is 192 Å². The summed E-state index contributed by atoms with van der Waals surface area (Å²) < 4.78 is 10.9. The SMILES string of the molecule is C[C@@H](CC(=O)N1CC(C)(OCC(=O)O)C1)NC(=O)OCC1c2ccccc2-c2ccccc21. The summed E-state index contributed by atoms with van der Waals surface area (Å²) in [5, 5.41) is 11.5. The van der Waals surface area contributed by atoms with Crippen LogP contribution in [-0.2, 0) is 19.1 Å². The van der Waals surface area contributed by atoms with Crippen LogP contribution in [0.5, 0.6) is 0 Å². The number of carbonyl (C=O) groups is 3. The molecular formula is C25H28N2O6. The average Bonchev–Trinajstić information content (AvgIpc) is 3.08. The lowest BCUT2D eigenvalue weighted by atomic mass is 9.95. The van der Waals surface area contributed by atoms with E-state index in [1.54, 1.807) is 18.7 Å². The van der Waals surface area contributed by atoms with Crippen LogP contribution in [0.15, 0.2) is 48.5 Å². The van der Waals surface area contributed by atoms with Crippen LogP contribution in [0.2, 0.25) is 0 Å². The Morgan fingerprint density at radius 1 is 1.09 bits per heavy atom. The average molecular weight is 453 g/mol. The summed E-state index contributed by atoms with van der Waals surface area (Å²) in [4.78, 5) is 37.1. The van der Waals surface area contributed by atoms with Crippen molar-refractivity contribution in [1.82, 2.24) is 10.2 Å². The number of fused-ring (bicyclic) bond motifs is 3. The van der Waals surface area contributed by atoms with Crippen LogP contribution in [0.3, 0.4) is 0 Å². The van der Waals surface area contributed by atoms with Gasteiger partial charge in [0.15, 0.2) is 0 Å². The van der Waals surface area contributed by atoms with E-state index in [0.29, 0.717) is 13.1 Å². The molecular weight excluding hydrogens is 424 g/mol. The molecule has 174 valence electrons. The molecule has 0 aromatic heterocycles. The number of likely N-dealkylation sites (tertiary alicyclic amines) is 1. The van der Waals surface area contributed by atoms with Crippen LogP contribution in [0.25, 0.3) is 11.1 Å². The fourth-order valence-corrected chi connectivity index (χ4v) is 4.55. The van der Waals surface area contributed by atoms with Crippen LogP contribution in [0.1, 0.15) is 37.3 Å². The van der Waals surface area contributed by atoms with Crippen molar-refractivity contribution in [2.24, 2.45) is 0 Å². The fourth-order valence-electron chi connectivity index (χ4n) is 4.55. The Morgan fingerprint density at radius 2 is 1.67 bits per heavy atom. The van der Waals surface area contributed by atoms with Gasteiger partial charge in [-0.25, -0.2) is 9.59 Å². The number of hydrogen-bond donors (Lipinski definition) is 2. The van der Waals surface area contributed by atoms with E-state index in [-0.39, 0.29) is 24.9 Å². The Hall–Kier alpha value is -3.39. The lowest BCUT2D eigenvalue weighted by Crippen LogP contribution is -2.63. The number of carboxylic acids is 1. The van der Waals surface area contributed by atoms with Gasteiger partial charge in [-0.2, -0.15) is 0 Å². The second-order valence-electron chi connectivity index (χ2n) is 8.96. The molecule has 0 bridgehead atoms. The van der Waals surface area contributed by atoms with Crippen molar-refractivity contribution in [1.29, 1.82) is 0 Å². The number of hydrogen-bond acceptors (Lipinski definition) is 5. The molecule has 2 aromatic rings. The van der Waals surface area contributed by atoms with Crippen molar-refractivity contribution < 1.29 is 29.0 Å². The van der Waals surface area contributed by atoms with Crippen LogP contribution in [0, 0.1) is 0 Å². The lowest BCUT2D eigenvalue weighted by molar-refractivity contribution is -0.173. The van der Waals surface area contributed by atoms with Crippen molar-refractivity contribution >= 4 is 18.0 Å². The molecule has 1 heterocycles. The molecule has 1 fully saturated rings. The number of carbonyl (C=O) groups excluding carboxylic acids is 2. The third-order valence-corrected chi connectivity index (χ3v) is 6.14. The smallest absolute Gasteiger partial charge is 0.407 e. The zero-order chi connectivity index (χ0) is 23.6. The van der Waals surface area contributed by atoms with Gasteiger partial charge < -0.3 is 24.8 Å². The van der Waals surface area contributed by atoms with Crippen molar-refractivity contribution in [3.8, 4) is 11.1 Å². The molecule has 0 radical (unpaired) electrons. The van der Waals surface area contributed by atoms with Crippen LogP contribution >= 0.6 is 0 Å². The molecule has 1 atom stereocenters. The molecule has 2 aliphatic rings. The quantitative estimate of drug-likeness (QED) is 0.638. The van der Waals surface area contributed by atoms with Crippen molar-refractivity contribution in [2.75, 3.05) is 26.3 Å². The van der Waals surface area contributed by atoms with Gasteiger partial charge >= 0.3 is 12.1 Å². The molecule has 1 saturated heterocycles. The number of nitrogens with zero attached hydrogens (tertiary/aromatic N) is 1. The van der Waals surface area contributed by atoms with Gasteiger partial charge in [0.1, 0.15) is 18.8 Å². The monoisotopic (exact) mass is 452 g/mol. The number of carboxylic acid groups (broad SMARTS) is 1. The largest absolute Gasteiger partial charge is 0.480 e. The molecule has 33 heavy (non-hydrogen) atoms. The molecule has 1 aliphatic heterocycles. The number of nitrogens with one attached hydrogen (secondary N) is 1. The molecule has 1 aliphatic carbocycles. The highest BCUT2D eigenvalue weighted by atomic mass is 16.5. The van der Waals surface area contributed by atoms with Gasteiger partial charge in [-0.3, -0.25) is 4.79 Å². The van der Waals surface area contributed by atoms with Gasteiger partial charge in [0, 0.05) is 18.4 Å². The van der Waals surface area contributed by atoms with Crippen LogP contribution in [-0.4, -0.2) is 65.9 Å². The Kier molecular flexibility index (Phi) is 6.37. The van der Waals surface area contributed by atoms with Gasteiger partial charge in [0.2, 0.25) is 5.91 Å². The van der Waals surface area contributed by atoms with E-state index in [0.717, 1.165) is 22.3 Å². The van der Waals surface area contributed by atoms with E-state index in [1.165, 1.54) is 0 Å². The maximum atomic E-state index is 12.4. The number of ether oxygens (including phenoxy) is 2. The zero-order valence-corrected chi connectivity index (χ0v) is 18.7. The van der Waals surface area contributed by atoms with Gasteiger partial charge in [-0.1, -0.05) is 48.5 Å². The fraction of sp³-hybridized carbons (Fsp3) is 0.400. The molecule has 0 unspecified atom stereocenters. The molecule has 0 saturated carbocycles. The highest BCUT2D eigenvalue weighted by molar-refractivity contribution is 5.80. The minimum absolute atomic E-state index is 0.0235. The third-order valence-electron chi connectivity index (χ3n) is 6.14. The number of amides is 2. The maximum absolute atomic E-state index is 12.4. The highest BCUT2D eigenvalue weighted by Gasteiger charge is 2.42. The Bertz CT molecular complexity index is 1020. The van der Waals surface area contributed by atoms with Gasteiger partial charge in [-0.15, -0.1) is 0 Å². The summed E-state index contributed by atoms with van der Waals surface area (Å²) in [6, 6.07) is 15.8. The van der Waals surface area contributed by atoms with E-state index in [9.17, 15) is 14.4 Å². The molecule has 2 amide bonds. The summed E-state index contributed by atoms with van der Waals surface area (Å²) in [7, 11) is 0. The summed E-state index contributed by atoms with van der Waals surface area (Å²) in [5.41, 5.74) is 3.96. The molecule has 4 rings (SSSR count). The minimum Gasteiger partial charge on any atom is -0.480 e. The number of rotatable bonds is 8. The van der Waals surface area contributed by atoms with Crippen molar-refractivity contribution in [3.05, 3.63) is 59.7 Å². The Balaban J connectivity index is 1.25. The van der Waals surface area contributed by atoms with Crippen molar-refractivity contribution in [2.45, 2.75) is 37.8 Å². The molecule has 2 N–H and O–H groups in total. The van der Waals surface area contributed by atoms with E-state index in [4.69, 9.17) is 14.6 Å². The summed E-state index contributed by atoms with van der Waals surface area (Å²) >= 11 is 0. The standard InChI is InChI=1S/C25H28N2O6/c1-16(11-22(28)27-14-25(2,15-27)33-13-23(29)30)26-24(31)32-12-21-19-9-5-3-7-17(19)18-8-4-6-10-20(18)21/h3-10,16,21H,11-15H2,1-2H3,(H,26,31)(H,29,30)/t16-/m0/s1. The molecule has 2 aromatic carbocycles. The topological polar surface area (TPSA) is 105 Å². The van der Waals surface area contributed by atoms with Crippen LogP contribution in [0.4, 0.5) is 4.79 Å². The second kappa shape index (κ2) is 9.23. The summed E-state index contributed by atoms with van der Waals surface area (Å²) in [6.07, 6.45) is -0.436. The van der Waals surface area contributed by atoms with E-state index >= 15 is 0 Å². The highest BCUT2D eigenvalue weighted by Crippen LogP contribution is 2.44. The number of benzene rings is 2. The summed E-state index contributed by atoms with van der Waals surface area (Å²) in [6.45, 7) is 4.01. The number of aliphatic carboxylic acids is 1. The first kappa shape index (κ1) is 22.8. The van der Waals surface area contributed by atoms with E-state index in [2.05, 4.69) is 29.6 Å². The summed E-state index contributed by atoms with van der Waals surface area (Å²) in [5.74, 6) is -1.19. The molecule has 8 nitrogen and oxygen atoms in total. The second-order valence-corrected chi connectivity index (χ2v) is 8.96. The van der Waals surface area contributed by atoms with Gasteiger partial charge in [-0.05, 0) is 36.1 Å².